The van der Waals surface area contributed by atoms with Crippen LogP contribution in [0.25, 0.3) is 0 Å². The van der Waals surface area contributed by atoms with E-state index in [0.29, 0.717) is 5.84 Å². The van der Waals surface area contributed by atoms with Crippen LogP contribution in [0.2, 0.25) is 0 Å². The summed E-state index contributed by atoms with van der Waals surface area (Å²) in [5.41, 5.74) is 2.88. The van der Waals surface area contributed by atoms with E-state index in [1.165, 1.54) is 0 Å². The number of rotatable bonds is 5. The van der Waals surface area contributed by atoms with Gasteiger partial charge in [-0.1, -0.05) is 60.7 Å². The molecule has 4 nitrogen and oxygen atoms in total. The fraction of sp³-hybridized carbons (Fsp3) is 0.0909. The number of hydrogen-bond acceptors (Lipinski definition) is 3. The molecule has 26 heavy (non-hydrogen) atoms. The van der Waals surface area contributed by atoms with Crippen LogP contribution >= 0.6 is 0 Å². The van der Waals surface area contributed by atoms with Crippen LogP contribution in [0.3, 0.4) is 0 Å². The van der Waals surface area contributed by atoms with Gasteiger partial charge in [-0.25, -0.2) is 4.99 Å². The maximum atomic E-state index is 9.28. The summed E-state index contributed by atoms with van der Waals surface area (Å²) >= 11 is 0. The average molecular weight is 341 g/mol. The van der Waals surface area contributed by atoms with Crippen molar-refractivity contribution in [1.82, 2.24) is 5.32 Å². The van der Waals surface area contributed by atoms with Crippen molar-refractivity contribution >= 4 is 11.5 Å². The Bertz CT molecular complexity index is 858. The van der Waals surface area contributed by atoms with Crippen molar-refractivity contribution in [1.29, 1.82) is 5.26 Å². The first-order valence-electron chi connectivity index (χ1n) is 8.29. The highest BCUT2D eigenvalue weighted by Gasteiger charge is 2.20. The van der Waals surface area contributed by atoms with E-state index in [1.54, 1.807) is 7.11 Å². The van der Waals surface area contributed by atoms with Gasteiger partial charge in [0.15, 0.2) is 6.19 Å². The molecule has 0 radical (unpaired) electrons. The second-order valence-corrected chi connectivity index (χ2v) is 5.69. The quantitative estimate of drug-likeness (QED) is 0.319. The van der Waals surface area contributed by atoms with Crippen LogP contribution in [0.5, 0.6) is 5.75 Å². The highest BCUT2D eigenvalue weighted by molar-refractivity contribution is 5.94. The number of amidine groups is 1. The lowest BCUT2D eigenvalue weighted by Crippen LogP contribution is -2.26. The van der Waals surface area contributed by atoms with E-state index < -0.39 is 0 Å². The summed E-state index contributed by atoms with van der Waals surface area (Å²) in [7, 11) is 1.63. The molecule has 0 aliphatic carbocycles. The Hall–Kier alpha value is -3.58. The third-order valence-electron chi connectivity index (χ3n) is 4.05. The van der Waals surface area contributed by atoms with E-state index >= 15 is 0 Å². The number of nitrogens with one attached hydrogen (secondary N) is 1. The number of nitrogens with zero attached hydrogens (tertiary/aromatic N) is 2. The SMILES string of the molecule is COc1ccc(N=C(NC#N)C(c2ccccc2)c2ccccc2)cc1. The van der Waals surface area contributed by atoms with Crippen molar-refractivity contribution in [2.75, 3.05) is 7.11 Å². The van der Waals surface area contributed by atoms with E-state index in [4.69, 9.17) is 9.73 Å². The molecule has 0 amide bonds. The lowest BCUT2D eigenvalue weighted by molar-refractivity contribution is 0.415. The molecule has 0 bridgehead atoms. The summed E-state index contributed by atoms with van der Waals surface area (Å²) in [6.45, 7) is 0. The zero-order valence-electron chi connectivity index (χ0n) is 14.5. The van der Waals surface area contributed by atoms with E-state index in [-0.39, 0.29) is 5.92 Å². The predicted octanol–water partition coefficient (Wildman–Crippen LogP) is 4.63. The van der Waals surface area contributed by atoms with Gasteiger partial charge in [0.1, 0.15) is 11.6 Å². The molecule has 0 saturated heterocycles. The minimum Gasteiger partial charge on any atom is -0.497 e. The van der Waals surface area contributed by atoms with Crippen molar-refractivity contribution in [2.45, 2.75) is 5.92 Å². The molecule has 0 atom stereocenters. The Morgan fingerprint density at radius 2 is 1.42 bits per heavy atom. The Morgan fingerprint density at radius 1 is 0.885 bits per heavy atom. The van der Waals surface area contributed by atoms with Gasteiger partial charge >= 0.3 is 0 Å². The highest BCUT2D eigenvalue weighted by Crippen LogP contribution is 2.27. The topological polar surface area (TPSA) is 57.4 Å². The number of methoxy groups -OCH3 is 1. The Labute approximate surface area is 153 Å². The van der Waals surface area contributed by atoms with Crippen molar-refractivity contribution in [3.63, 3.8) is 0 Å². The van der Waals surface area contributed by atoms with Crippen molar-refractivity contribution in [3.8, 4) is 11.9 Å². The largest absolute Gasteiger partial charge is 0.497 e. The van der Waals surface area contributed by atoms with Gasteiger partial charge in [0.05, 0.1) is 18.7 Å². The molecule has 3 rings (SSSR count). The minimum atomic E-state index is -0.167. The van der Waals surface area contributed by atoms with Gasteiger partial charge in [-0.05, 0) is 35.4 Å². The van der Waals surface area contributed by atoms with E-state index in [0.717, 1.165) is 22.6 Å². The minimum absolute atomic E-state index is 0.167. The zero-order chi connectivity index (χ0) is 18.2. The molecule has 1 N–H and O–H groups in total. The van der Waals surface area contributed by atoms with Crippen LogP contribution in [-0.2, 0) is 0 Å². The molecule has 4 heteroatoms. The monoisotopic (exact) mass is 341 g/mol. The van der Waals surface area contributed by atoms with Gasteiger partial charge < -0.3 is 4.74 Å². The van der Waals surface area contributed by atoms with Crippen LogP contribution in [-0.4, -0.2) is 12.9 Å². The third kappa shape index (κ3) is 4.08. The van der Waals surface area contributed by atoms with Gasteiger partial charge in [0.2, 0.25) is 0 Å². The summed E-state index contributed by atoms with van der Waals surface area (Å²) in [4.78, 5) is 4.70. The van der Waals surface area contributed by atoms with Crippen LogP contribution in [0, 0.1) is 11.5 Å². The molecule has 0 aliphatic heterocycles. The second kappa shape index (κ2) is 8.50. The van der Waals surface area contributed by atoms with E-state index in [2.05, 4.69) is 5.32 Å². The summed E-state index contributed by atoms with van der Waals surface area (Å²) in [6, 6.07) is 27.5. The maximum absolute atomic E-state index is 9.28. The lowest BCUT2D eigenvalue weighted by atomic mass is 9.90. The Balaban J connectivity index is 2.08. The van der Waals surface area contributed by atoms with Gasteiger partial charge in [0, 0.05) is 0 Å². The van der Waals surface area contributed by atoms with E-state index in [9.17, 15) is 5.26 Å². The van der Waals surface area contributed by atoms with Crippen molar-refractivity contribution in [2.24, 2.45) is 4.99 Å². The molecule has 0 fully saturated rings. The standard InChI is InChI=1S/C22H19N3O/c1-26-20-14-12-19(13-15-20)25-22(24-16-23)21(17-8-4-2-5-9-17)18-10-6-3-7-11-18/h2-15,21H,1H3,(H,24,25). The summed E-state index contributed by atoms with van der Waals surface area (Å²) in [5, 5.41) is 12.1. The second-order valence-electron chi connectivity index (χ2n) is 5.69. The molecule has 0 aliphatic rings. The van der Waals surface area contributed by atoms with Gasteiger partial charge in [-0.15, -0.1) is 0 Å². The Morgan fingerprint density at radius 3 is 1.88 bits per heavy atom. The Kier molecular flexibility index (Phi) is 5.64. The summed E-state index contributed by atoms with van der Waals surface area (Å²) in [6.07, 6.45) is 2.03. The molecule has 0 heterocycles. The van der Waals surface area contributed by atoms with Crippen LogP contribution < -0.4 is 10.1 Å². The molecular formula is C22H19N3O. The number of benzene rings is 3. The number of aliphatic imine (C=N–C) groups is 1. The first-order valence-corrected chi connectivity index (χ1v) is 8.29. The van der Waals surface area contributed by atoms with Gasteiger partial charge in [-0.2, -0.15) is 5.26 Å². The lowest BCUT2D eigenvalue weighted by Gasteiger charge is -2.19. The molecule has 3 aromatic rings. The molecule has 3 aromatic carbocycles. The highest BCUT2D eigenvalue weighted by atomic mass is 16.5. The predicted molar refractivity (Wildman–Crippen MR) is 104 cm³/mol. The first kappa shape index (κ1) is 17.2. The summed E-state index contributed by atoms with van der Waals surface area (Å²) < 4.78 is 5.19. The molecule has 0 saturated carbocycles. The van der Waals surface area contributed by atoms with Crippen molar-refractivity contribution < 1.29 is 4.74 Å². The normalized spacial score (nSPS) is 11.0. The fourth-order valence-corrected chi connectivity index (χ4v) is 2.82. The molecular weight excluding hydrogens is 322 g/mol. The van der Waals surface area contributed by atoms with Crippen LogP contribution in [0.15, 0.2) is 89.9 Å². The van der Waals surface area contributed by atoms with E-state index in [1.807, 2.05) is 91.1 Å². The van der Waals surface area contributed by atoms with Crippen LogP contribution in [0.1, 0.15) is 17.0 Å². The molecule has 0 spiro atoms. The van der Waals surface area contributed by atoms with Crippen LogP contribution in [0.4, 0.5) is 5.69 Å². The zero-order valence-corrected chi connectivity index (χ0v) is 14.5. The number of hydrogen-bond donors (Lipinski definition) is 1. The number of ether oxygens (including phenoxy) is 1. The van der Waals surface area contributed by atoms with Gasteiger partial charge in [0.25, 0.3) is 0 Å². The molecule has 0 aromatic heterocycles. The van der Waals surface area contributed by atoms with Crippen molar-refractivity contribution in [3.05, 3.63) is 96.1 Å². The summed E-state index contributed by atoms with van der Waals surface area (Å²) in [5.74, 6) is 1.18. The number of nitriles is 1. The van der Waals surface area contributed by atoms with Gasteiger partial charge in [-0.3, -0.25) is 5.32 Å². The maximum Gasteiger partial charge on any atom is 0.182 e. The smallest absolute Gasteiger partial charge is 0.182 e. The molecule has 0 unspecified atom stereocenters. The average Bonchev–Trinajstić information content (AvgIpc) is 2.70. The third-order valence-corrected chi connectivity index (χ3v) is 4.05. The first-order chi connectivity index (χ1) is 12.8. The molecule has 128 valence electrons. The fourth-order valence-electron chi connectivity index (χ4n) is 2.82.